The molecule has 0 aliphatic carbocycles. The average molecular weight is 274 g/mol. The predicted octanol–water partition coefficient (Wildman–Crippen LogP) is 4.96. The van der Waals surface area contributed by atoms with E-state index in [4.69, 9.17) is 4.74 Å². The van der Waals surface area contributed by atoms with E-state index >= 15 is 0 Å². The van der Waals surface area contributed by atoms with Crippen molar-refractivity contribution in [1.82, 2.24) is 0 Å². The Kier molecular flexibility index (Phi) is 3.76. The van der Waals surface area contributed by atoms with Gasteiger partial charge in [0.25, 0.3) is 0 Å². The zero-order valence-corrected chi connectivity index (χ0v) is 12.5. The van der Waals surface area contributed by atoms with Gasteiger partial charge < -0.3 is 4.74 Å². The van der Waals surface area contributed by atoms with Gasteiger partial charge in [-0.3, -0.25) is 4.79 Å². The summed E-state index contributed by atoms with van der Waals surface area (Å²) >= 11 is 1.36. The van der Waals surface area contributed by atoms with Crippen molar-refractivity contribution in [2.75, 3.05) is 0 Å². The lowest BCUT2D eigenvalue weighted by Crippen LogP contribution is -2.12. The molecular weight excluding hydrogens is 256 g/mol. The lowest BCUT2D eigenvalue weighted by atomic mass is 9.85. The lowest BCUT2D eigenvalue weighted by Gasteiger charge is -2.22. The Bertz CT molecular complexity index is 591. The monoisotopic (exact) mass is 274 g/mol. The summed E-state index contributed by atoms with van der Waals surface area (Å²) in [5.41, 5.74) is 2.41. The van der Waals surface area contributed by atoms with Crippen molar-refractivity contribution >= 4 is 17.6 Å². The van der Waals surface area contributed by atoms with Gasteiger partial charge in [0.15, 0.2) is 11.3 Å². The van der Waals surface area contributed by atoms with Crippen molar-refractivity contribution in [2.45, 2.75) is 33.1 Å². The van der Waals surface area contributed by atoms with Gasteiger partial charge in [-0.25, -0.2) is 0 Å². The van der Waals surface area contributed by atoms with Crippen LogP contribution in [0.15, 0.2) is 30.3 Å². The first-order valence-electron chi connectivity index (χ1n) is 6.24. The molecular formula is C16H18O2S. The Labute approximate surface area is 118 Å². The van der Waals surface area contributed by atoms with Crippen LogP contribution < -0.4 is 4.74 Å². The van der Waals surface area contributed by atoms with E-state index in [1.807, 2.05) is 18.2 Å². The van der Waals surface area contributed by atoms with Crippen LogP contribution in [0.5, 0.6) is 10.8 Å². The normalized spacial score (nSPS) is 11.4. The van der Waals surface area contributed by atoms with Crippen molar-refractivity contribution in [1.29, 1.82) is 0 Å². The highest BCUT2D eigenvalue weighted by molar-refractivity contribution is 7.15. The van der Waals surface area contributed by atoms with Crippen LogP contribution in [-0.4, -0.2) is 6.29 Å². The number of hydrogen-bond donors (Lipinski definition) is 0. The van der Waals surface area contributed by atoms with E-state index in [2.05, 4.69) is 33.8 Å². The average Bonchev–Trinajstić information content (AvgIpc) is 2.78. The van der Waals surface area contributed by atoms with Crippen molar-refractivity contribution in [3.05, 3.63) is 46.3 Å². The third-order valence-electron chi connectivity index (χ3n) is 2.87. The number of ether oxygens (including phenoxy) is 1. The molecule has 0 spiro atoms. The van der Waals surface area contributed by atoms with E-state index in [1.165, 1.54) is 22.5 Å². The second kappa shape index (κ2) is 5.17. The van der Waals surface area contributed by atoms with E-state index in [0.29, 0.717) is 4.88 Å². The highest BCUT2D eigenvalue weighted by Crippen LogP contribution is 2.36. The number of thiophene rings is 1. The number of carbonyl (C=O) groups excluding carboxylic acids is 1. The molecule has 3 heteroatoms. The first-order valence-corrected chi connectivity index (χ1v) is 7.06. The van der Waals surface area contributed by atoms with Gasteiger partial charge in [0, 0.05) is 5.56 Å². The lowest BCUT2D eigenvalue weighted by molar-refractivity contribution is 0.112. The summed E-state index contributed by atoms with van der Waals surface area (Å²) in [6, 6.07) is 9.80. The Morgan fingerprint density at radius 2 is 1.89 bits per heavy atom. The molecule has 0 saturated heterocycles. The third kappa shape index (κ3) is 3.24. The summed E-state index contributed by atoms with van der Waals surface area (Å²) in [4.78, 5) is 11.4. The van der Waals surface area contributed by atoms with Crippen molar-refractivity contribution in [3.8, 4) is 10.8 Å². The quantitative estimate of drug-likeness (QED) is 0.739. The highest BCUT2D eigenvalue weighted by Gasteiger charge is 2.19. The maximum Gasteiger partial charge on any atom is 0.181 e. The SMILES string of the molecule is Cc1ccc(Oc2ccc(C=O)s2)c(C(C)(C)C)c1. The maximum atomic E-state index is 10.7. The molecule has 2 aromatic rings. The number of carbonyl (C=O) groups is 1. The molecule has 0 fully saturated rings. The Morgan fingerprint density at radius 3 is 2.47 bits per heavy atom. The van der Waals surface area contributed by atoms with Crippen LogP contribution in [0.4, 0.5) is 0 Å². The van der Waals surface area contributed by atoms with Crippen LogP contribution in [-0.2, 0) is 5.41 Å². The fourth-order valence-electron chi connectivity index (χ4n) is 1.88. The third-order valence-corrected chi connectivity index (χ3v) is 3.76. The first-order chi connectivity index (χ1) is 8.90. The van der Waals surface area contributed by atoms with Crippen molar-refractivity contribution in [2.24, 2.45) is 0 Å². The van der Waals surface area contributed by atoms with E-state index < -0.39 is 0 Å². The van der Waals surface area contributed by atoms with Gasteiger partial charge in [-0.2, -0.15) is 0 Å². The Balaban J connectivity index is 2.36. The standard InChI is InChI=1S/C16H18O2S/c1-11-5-7-14(13(9-11)16(2,3)4)18-15-8-6-12(10-17)19-15/h5-10H,1-4H3. The van der Waals surface area contributed by atoms with Crippen molar-refractivity contribution in [3.63, 3.8) is 0 Å². The summed E-state index contributed by atoms with van der Waals surface area (Å²) in [5.74, 6) is 0.859. The van der Waals surface area contributed by atoms with Crippen LogP contribution >= 0.6 is 11.3 Å². The number of hydrogen-bond acceptors (Lipinski definition) is 3. The minimum atomic E-state index is 0.0199. The molecule has 0 radical (unpaired) electrons. The topological polar surface area (TPSA) is 26.3 Å². The van der Waals surface area contributed by atoms with Gasteiger partial charge >= 0.3 is 0 Å². The van der Waals surface area contributed by atoms with E-state index in [1.54, 1.807) is 6.07 Å². The fraction of sp³-hybridized carbons (Fsp3) is 0.312. The molecule has 100 valence electrons. The van der Waals surface area contributed by atoms with E-state index in [9.17, 15) is 4.79 Å². The zero-order valence-electron chi connectivity index (χ0n) is 11.7. The minimum Gasteiger partial charge on any atom is -0.446 e. The van der Waals surface area contributed by atoms with Crippen LogP contribution in [0.2, 0.25) is 0 Å². The molecule has 0 aliphatic rings. The largest absolute Gasteiger partial charge is 0.446 e. The molecule has 1 aromatic heterocycles. The predicted molar refractivity (Wildman–Crippen MR) is 79.7 cm³/mol. The van der Waals surface area contributed by atoms with E-state index in [-0.39, 0.29) is 5.41 Å². The van der Waals surface area contributed by atoms with E-state index in [0.717, 1.165) is 17.1 Å². The molecule has 0 amide bonds. The summed E-state index contributed by atoms with van der Waals surface area (Å²) in [5, 5.41) is 0.747. The molecule has 2 nitrogen and oxygen atoms in total. The molecule has 0 N–H and O–H groups in total. The van der Waals surface area contributed by atoms with Crippen LogP contribution in [0.3, 0.4) is 0 Å². The first kappa shape index (κ1) is 13.8. The Hall–Kier alpha value is -1.61. The molecule has 0 aliphatic heterocycles. The highest BCUT2D eigenvalue weighted by atomic mass is 32.1. The number of rotatable bonds is 3. The summed E-state index contributed by atoms with van der Waals surface area (Å²) < 4.78 is 5.93. The number of aldehydes is 1. The van der Waals surface area contributed by atoms with Gasteiger partial charge in [-0.15, -0.1) is 0 Å². The second-order valence-electron chi connectivity index (χ2n) is 5.63. The molecule has 0 atom stereocenters. The van der Waals surface area contributed by atoms with Gasteiger partial charge in [-0.1, -0.05) is 49.8 Å². The molecule has 0 bridgehead atoms. The number of benzene rings is 1. The fourth-order valence-corrected chi connectivity index (χ4v) is 2.56. The molecule has 0 unspecified atom stereocenters. The van der Waals surface area contributed by atoms with Gasteiger partial charge in [0.05, 0.1) is 4.88 Å². The zero-order chi connectivity index (χ0) is 14.0. The van der Waals surface area contributed by atoms with Crippen molar-refractivity contribution < 1.29 is 9.53 Å². The van der Waals surface area contributed by atoms with Crippen LogP contribution in [0.1, 0.15) is 41.6 Å². The molecule has 1 aromatic carbocycles. The maximum absolute atomic E-state index is 10.7. The molecule has 0 saturated carbocycles. The van der Waals surface area contributed by atoms with Crippen LogP contribution in [0.25, 0.3) is 0 Å². The number of aryl methyl sites for hydroxylation is 1. The Morgan fingerprint density at radius 1 is 1.16 bits per heavy atom. The smallest absolute Gasteiger partial charge is 0.181 e. The van der Waals surface area contributed by atoms with Crippen LogP contribution in [0, 0.1) is 6.92 Å². The molecule has 2 rings (SSSR count). The molecule has 19 heavy (non-hydrogen) atoms. The summed E-state index contributed by atoms with van der Waals surface area (Å²) in [6.07, 6.45) is 0.845. The minimum absolute atomic E-state index is 0.0199. The summed E-state index contributed by atoms with van der Waals surface area (Å²) in [7, 11) is 0. The van der Waals surface area contributed by atoms with Gasteiger partial charge in [0.1, 0.15) is 5.75 Å². The van der Waals surface area contributed by atoms with Gasteiger partial charge in [0.2, 0.25) is 0 Å². The second-order valence-corrected chi connectivity index (χ2v) is 6.70. The summed E-state index contributed by atoms with van der Waals surface area (Å²) in [6.45, 7) is 8.58. The van der Waals surface area contributed by atoms with Gasteiger partial charge in [-0.05, 0) is 30.5 Å². The molecule has 1 heterocycles.